The zero-order chi connectivity index (χ0) is 13.0. The van der Waals surface area contributed by atoms with Crippen molar-refractivity contribution in [2.75, 3.05) is 0 Å². The van der Waals surface area contributed by atoms with Crippen LogP contribution < -0.4 is 5.73 Å². The lowest BCUT2D eigenvalue weighted by Gasteiger charge is -2.35. The fraction of sp³-hybridized carbons (Fsp3) is 0.647. The monoisotopic (exact) mass is 245 g/mol. The van der Waals surface area contributed by atoms with Crippen LogP contribution in [0.25, 0.3) is 0 Å². The Morgan fingerprint density at radius 2 is 1.94 bits per heavy atom. The summed E-state index contributed by atoms with van der Waals surface area (Å²) in [4.78, 5) is 0. The summed E-state index contributed by atoms with van der Waals surface area (Å²) in [5, 5.41) is 0. The van der Waals surface area contributed by atoms with Crippen LogP contribution in [-0.4, -0.2) is 6.04 Å². The quantitative estimate of drug-likeness (QED) is 0.839. The minimum atomic E-state index is 0.333. The van der Waals surface area contributed by atoms with Gasteiger partial charge in [-0.2, -0.15) is 0 Å². The first-order chi connectivity index (χ1) is 8.72. The van der Waals surface area contributed by atoms with Crippen molar-refractivity contribution >= 4 is 0 Å². The van der Waals surface area contributed by atoms with Gasteiger partial charge in [0.1, 0.15) is 0 Å². The zero-order valence-corrected chi connectivity index (χ0v) is 11.8. The maximum Gasteiger partial charge on any atom is 0.0136 e. The largest absolute Gasteiger partial charge is 0.327 e. The summed E-state index contributed by atoms with van der Waals surface area (Å²) in [5.41, 5.74) is 8.02. The molecule has 4 atom stereocenters. The van der Waals surface area contributed by atoms with Crippen LogP contribution in [0.15, 0.2) is 30.3 Å². The molecule has 1 saturated carbocycles. The summed E-state index contributed by atoms with van der Waals surface area (Å²) in [6.07, 6.45) is 6.56. The molecule has 0 saturated heterocycles. The van der Waals surface area contributed by atoms with E-state index in [-0.39, 0.29) is 0 Å². The Labute approximate surface area is 112 Å². The Bertz CT molecular complexity index is 346. The van der Waals surface area contributed by atoms with Gasteiger partial charge in [0.15, 0.2) is 0 Å². The molecule has 0 aromatic heterocycles. The number of hydrogen-bond acceptors (Lipinski definition) is 1. The number of nitrogens with two attached hydrogens (primary N) is 1. The number of hydrogen-bond donors (Lipinski definition) is 1. The smallest absolute Gasteiger partial charge is 0.0136 e. The predicted molar refractivity (Wildman–Crippen MR) is 78.6 cm³/mol. The Morgan fingerprint density at radius 1 is 1.22 bits per heavy atom. The fourth-order valence-electron chi connectivity index (χ4n) is 3.59. The normalized spacial score (nSPS) is 27.7. The van der Waals surface area contributed by atoms with Gasteiger partial charge in [-0.05, 0) is 42.6 Å². The highest BCUT2D eigenvalue weighted by Gasteiger charge is 2.29. The first kappa shape index (κ1) is 13.6. The van der Waals surface area contributed by atoms with E-state index >= 15 is 0 Å². The molecule has 1 nitrogen and oxygen atoms in total. The second-order valence-electron chi connectivity index (χ2n) is 6.03. The van der Waals surface area contributed by atoms with Gasteiger partial charge >= 0.3 is 0 Å². The van der Waals surface area contributed by atoms with E-state index in [4.69, 9.17) is 5.73 Å². The highest BCUT2D eigenvalue weighted by molar-refractivity contribution is 5.21. The molecule has 18 heavy (non-hydrogen) atoms. The van der Waals surface area contributed by atoms with E-state index in [1.165, 1.54) is 31.2 Å². The zero-order valence-electron chi connectivity index (χ0n) is 11.8. The summed E-state index contributed by atoms with van der Waals surface area (Å²) in [7, 11) is 0. The molecule has 1 aromatic carbocycles. The molecule has 1 heteroatoms. The average Bonchev–Trinajstić information content (AvgIpc) is 2.41. The summed E-state index contributed by atoms with van der Waals surface area (Å²) < 4.78 is 0. The molecule has 0 aliphatic heterocycles. The van der Waals surface area contributed by atoms with Crippen LogP contribution in [0.4, 0.5) is 0 Å². The van der Waals surface area contributed by atoms with Crippen LogP contribution in [0.3, 0.4) is 0 Å². The van der Waals surface area contributed by atoms with E-state index in [0.29, 0.717) is 12.0 Å². The molecule has 1 aromatic rings. The van der Waals surface area contributed by atoms with Gasteiger partial charge in [-0.1, -0.05) is 57.0 Å². The van der Waals surface area contributed by atoms with Crippen molar-refractivity contribution in [3.63, 3.8) is 0 Å². The van der Waals surface area contributed by atoms with Crippen molar-refractivity contribution in [1.29, 1.82) is 0 Å². The third kappa shape index (κ3) is 3.14. The molecule has 1 aliphatic carbocycles. The Hall–Kier alpha value is -0.820. The number of rotatable bonds is 4. The van der Waals surface area contributed by atoms with Gasteiger partial charge in [0, 0.05) is 6.04 Å². The molecule has 0 amide bonds. The highest BCUT2D eigenvalue weighted by Crippen LogP contribution is 2.36. The molecule has 1 fully saturated rings. The minimum absolute atomic E-state index is 0.333. The minimum Gasteiger partial charge on any atom is -0.327 e. The van der Waals surface area contributed by atoms with E-state index in [1.54, 1.807) is 0 Å². The molecule has 0 bridgehead atoms. The molecule has 2 N–H and O–H groups in total. The summed E-state index contributed by atoms with van der Waals surface area (Å²) in [5.74, 6) is 2.11. The van der Waals surface area contributed by atoms with Gasteiger partial charge < -0.3 is 5.73 Å². The Kier molecular flexibility index (Phi) is 4.82. The standard InChI is InChI=1S/C17H27N/c1-3-16(14-9-5-4-6-10-14)17(18)15-11-7-8-13(2)12-15/h4-6,9-10,13,15-17H,3,7-8,11-12,18H2,1-2H3. The Balaban J connectivity index is 2.07. The fourth-order valence-corrected chi connectivity index (χ4v) is 3.59. The van der Waals surface area contributed by atoms with Crippen LogP contribution in [0.5, 0.6) is 0 Å². The SMILES string of the molecule is CCC(c1ccccc1)C(N)C1CCCC(C)C1. The van der Waals surface area contributed by atoms with Gasteiger partial charge in [-0.3, -0.25) is 0 Å². The van der Waals surface area contributed by atoms with E-state index in [1.807, 2.05) is 0 Å². The number of benzene rings is 1. The lowest BCUT2D eigenvalue weighted by Crippen LogP contribution is -2.38. The van der Waals surface area contributed by atoms with Crippen LogP contribution in [-0.2, 0) is 0 Å². The Morgan fingerprint density at radius 3 is 2.56 bits per heavy atom. The molecule has 0 radical (unpaired) electrons. The predicted octanol–water partition coefficient (Wildman–Crippen LogP) is 4.33. The van der Waals surface area contributed by atoms with Crippen molar-refractivity contribution < 1.29 is 0 Å². The highest BCUT2D eigenvalue weighted by atomic mass is 14.7. The molecule has 1 aliphatic rings. The lowest BCUT2D eigenvalue weighted by atomic mass is 9.73. The van der Waals surface area contributed by atoms with E-state index in [0.717, 1.165) is 18.3 Å². The van der Waals surface area contributed by atoms with Crippen molar-refractivity contribution in [3.05, 3.63) is 35.9 Å². The second kappa shape index (κ2) is 6.38. The first-order valence-corrected chi connectivity index (χ1v) is 7.53. The van der Waals surface area contributed by atoms with Crippen LogP contribution in [0.1, 0.15) is 57.4 Å². The third-order valence-electron chi connectivity index (χ3n) is 4.65. The van der Waals surface area contributed by atoms with Crippen LogP contribution in [0.2, 0.25) is 0 Å². The molecule has 100 valence electrons. The lowest BCUT2D eigenvalue weighted by molar-refractivity contribution is 0.226. The second-order valence-corrected chi connectivity index (χ2v) is 6.03. The van der Waals surface area contributed by atoms with Gasteiger partial charge in [-0.15, -0.1) is 0 Å². The maximum atomic E-state index is 6.60. The summed E-state index contributed by atoms with van der Waals surface area (Å²) in [6, 6.07) is 11.2. The van der Waals surface area contributed by atoms with E-state index in [2.05, 4.69) is 44.2 Å². The van der Waals surface area contributed by atoms with Crippen molar-refractivity contribution in [3.8, 4) is 0 Å². The molecule has 0 spiro atoms. The molecular weight excluding hydrogens is 218 g/mol. The average molecular weight is 245 g/mol. The summed E-state index contributed by atoms with van der Waals surface area (Å²) in [6.45, 7) is 4.64. The molecule has 2 rings (SSSR count). The van der Waals surface area contributed by atoms with E-state index in [9.17, 15) is 0 Å². The van der Waals surface area contributed by atoms with Crippen LogP contribution in [0, 0.1) is 11.8 Å². The summed E-state index contributed by atoms with van der Waals surface area (Å²) >= 11 is 0. The van der Waals surface area contributed by atoms with Gasteiger partial charge in [0.25, 0.3) is 0 Å². The molecule has 4 unspecified atom stereocenters. The molecule has 0 heterocycles. The first-order valence-electron chi connectivity index (χ1n) is 7.53. The van der Waals surface area contributed by atoms with E-state index < -0.39 is 0 Å². The maximum absolute atomic E-state index is 6.60. The van der Waals surface area contributed by atoms with Crippen molar-refractivity contribution in [2.45, 2.75) is 57.9 Å². The van der Waals surface area contributed by atoms with Gasteiger partial charge in [0.05, 0.1) is 0 Å². The van der Waals surface area contributed by atoms with Gasteiger partial charge in [0.2, 0.25) is 0 Å². The third-order valence-corrected chi connectivity index (χ3v) is 4.65. The van der Waals surface area contributed by atoms with Crippen molar-refractivity contribution in [2.24, 2.45) is 17.6 Å². The van der Waals surface area contributed by atoms with Crippen LogP contribution >= 0.6 is 0 Å². The van der Waals surface area contributed by atoms with Gasteiger partial charge in [-0.25, -0.2) is 0 Å². The topological polar surface area (TPSA) is 26.0 Å². The molecular formula is C17H27N. The van der Waals surface area contributed by atoms with Crippen molar-refractivity contribution in [1.82, 2.24) is 0 Å².